The molecule has 1 saturated carbocycles. The maximum absolute atomic E-state index is 12.2. The van der Waals surface area contributed by atoms with Crippen LogP contribution in [-0.2, 0) is 16.0 Å². The number of hydrogen-bond donors (Lipinski definition) is 2. The SMILES string of the molecule is CCc1nnsc1C(=O)OCC(=O)Nc1ccccc1C(=O)NC1CC1. The van der Waals surface area contributed by atoms with Gasteiger partial charge < -0.3 is 15.4 Å². The van der Waals surface area contributed by atoms with E-state index in [0.717, 1.165) is 24.4 Å². The first-order chi connectivity index (χ1) is 12.6. The van der Waals surface area contributed by atoms with Gasteiger partial charge in [-0.25, -0.2) is 4.79 Å². The van der Waals surface area contributed by atoms with E-state index < -0.39 is 18.5 Å². The van der Waals surface area contributed by atoms with Crippen LogP contribution in [0.3, 0.4) is 0 Å². The van der Waals surface area contributed by atoms with Crippen molar-refractivity contribution < 1.29 is 19.1 Å². The third kappa shape index (κ3) is 4.42. The van der Waals surface area contributed by atoms with Crippen molar-refractivity contribution in [1.82, 2.24) is 14.9 Å². The molecule has 2 N–H and O–H groups in total. The van der Waals surface area contributed by atoms with Crippen LogP contribution in [-0.4, -0.2) is 40.0 Å². The summed E-state index contributed by atoms with van der Waals surface area (Å²) in [7, 11) is 0. The highest BCUT2D eigenvalue weighted by Crippen LogP contribution is 2.21. The van der Waals surface area contributed by atoms with Gasteiger partial charge in [-0.15, -0.1) is 5.10 Å². The molecule has 1 heterocycles. The van der Waals surface area contributed by atoms with Gasteiger partial charge in [0.25, 0.3) is 11.8 Å². The van der Waals surface area contributed by atoms with E-state index in [9.17, 15) is 14.4 Å². The first-order valence-electron chi connectivity index (χ1n) is 8.26. The Hall–Kier alpha value is -2.81. The molecule has 0 atom stereocenters. The van der Waals surface area contributed by atoms with Gasteiger partial charge in [0.2, 0.25) is 0 Å². The van der Waals surface area contributed by atoms with Crippen LogP contribution in [0.25, 0.3) is 0 Å². The minimum atomic E-state index is -0.633. The van der Waals surface area contributed by atoms with Crippen LogP contribution in [0.2, 0.25) is 0 Å². The molecule has 1 aromatic carbocycles. The normalized spacial score (nSPS) is 13.1. The van der Waals surface area contributed by atoms with E-state index in [4.69, 9.17) is 4.74 Å². The number of aromatic nitrogens is 2. The number of aryl methyl sites for hydroxylation is 1. The standard InChI is InChI=1S/C17H18N4O4S/c1-2-12-15(26-21-20-12)17(24)25-9-14(22)19-13-6-4-3-5-11(13)16(23)18-10-7-8-10/h3-6,10H,2,7-9H2,1H3,(H,18,23)(H,19,22). The average Bonchev–Trinajstić information content (AvgIpc) is 3.32. The highest BCUT2D eigenvalue weighted by atomic mass is 32.1. The second kappa shape index (κ2) is 8.05. The number of hydrogen-bond acceptors (Lipinski definition) is 7. The van der Waals surface area contributed by atoms with Gasteiger partial charge in [-0.3, -0.25) is 9.59 Å². The highest BCUT2D eigenvalue weighted by Gasteiger charge is 2.25. The van der Waals surface area contributed by atoms with Crippen LogP contribution in [0, 0.1) is 0 Å². The Balaban J connectivity index is 1.58. The Morgan fingerprint density at radius 1 is 1.27 bits per heavy atom. The predicted octanol–water partition coefficient (Wildman–Crippen LogP) is 1.79. The minimum absolute atomic E-state index is 0.216. The highest BCUT2D eigenvalue weighted by molar-refractivity contribution is 7.07. The molecule has 8 nitrogen and oxygen atoms in total. The van der Waals surface area contributed by atoms with Crippen LogP contribution in [0.15, 0.2) is 24.3 Å². The number of ether oxygens (including phenoxy) is 1. The summed E-state index contributed by atoms with van der Waals surface area (Å²) in [6.45, 7) is 1.39. The molecule has 0 unspecified atom stereocenters. The molecule has 0 saturated heterocycles. The maximum atomic E-state index is 12.2. The molecule has 1 aliphatic carbocycles. The fourth-order valence-corrected chi connectivity index (χ4v) is 2.90. The summed E-state index contributed by atoms with van der Waals surface area (Å²) in [5, 5.41) is 9.32. The number of carbonyl (C=O) groups excluding carboxylic acids is 3. The molecular weight excluding hydrogens is 356 g/mol. The first-order valence-corrected chi connectivity index (χ1v) is 9.04. The lowest BCUT2D eigenvalue weighted by molar-refractivity contribution is -0.119. The van der Waals surface area contributed by atoms with Gasteiger partial charge in [0.05, 0.1) is 16.9 Å². The average molecular weight is 374 g/mol. The summed E-state index contributed by atoms with van der Waals surface area (Å²) in [5.74, 6) is -1.39. The van der Waals surface area contributed by atoms with Crippen molar-refractivity contribution >= 4 is 35.0 Å². The zero-order chi connectivity index (χ0) is 18.5. The Labute approximate surface area is 154 Å². The lowest BCUT2D eigenvalue weighted by Gasteiger charge is -2.11. The van der Waals surface area contributed by atoms with Crippen molar-refractivity contribution in [1.29, 1.82) is 0 Å². The van der Waals surface area contributed by atoms with Gasteiger partial charge in [-0.1, -0.05) is 23.5 Å². The van der Waals surface area contributed by atoms with Crippen molar-refractivity contribution in [2.45, 2.75) is 32.2 Å². The number of rotatable bonds is 7. The first kappa shape index (κ1) is 18.0. The summed E-state index contributed by atoms with van der Waals surface area (Å²) in [4.78, 5) is 36.6. The van der Waals surface area contributed by atoms with Gasteiger partial charge in [-0.2, -0.15) is 0 Å². The molecule has 1 aliphatic rings. The van der Waals surface area contributed by atoms with Gasteiger partial charge in [-0.05, 0) is 42.9 Å². The monoisotopic (exact) mass is 374 g/mol. The Bertz CT molecular complexity index is 832. The minimum Gasteiger partial charge on any atom is -0.451 e. The number of amides is 2. The lowest BCUT2D eigenvalue weighted by atomic mass is 10.1. The second-order valence-corrected chi connectivity index (χ2v) is 6.57. The molecular formula is C17H18N4O4S. The van der Waals surface area contributed by atoms with Crippen molar-refractivity contribution in [2.75, 3.05) is 11.9 Å². The summed E-state index contributed by atoms with van der Waals surface area (Å²) < 4.78 is 8.73. The molecule has 1 aromatic heterocycles. The molecule has 26 heavy (non-hydrogen) atoms. The van der Waals surface area contributed by atoms with Crippen LogP contribution < -0.4 is 10.6 Å². The Morgan fingerprint density at radius 2 is 2.04 bits per heavy atom. The third-order valence-electron chi connectivity index (χ3n) is 3.77. The van der Waals surface area contributed by atoms with Crippen LogP contribution in [0.1, 0.15) is 45.5 Å². The zero-order valence-electron chi connectivity index (χ0n) is 14.2. The van der Waals surface area contributed by atoms with E-state index in [1.807, 2.05) is 6.92 Å². The fraction of sp³-hybridized carbons (Fsp3) is 0.353. The molecule has 136 valence electrons. The summed E-state index contributed by atoms with van der Waals surface area (Å²) in [6.07, 6.45) is 2.50. The van der Waals surface area contributed by atoms with Gasteiger partial charge in [0.1, 0.15) is 0 Å². The van der Waals surface area contributed by atoms with Crippen molar-refractivity contribution in [3.8, 4) is 0 Å². The molecule has 1 fully saturated rings. The molecule has 0 bridgehead atoms. The zero-order valence-corrected chi connectivity index (χ0v) is 15.0. The molecule has 2 amide bonds. The third-order valence-corrected chi connectivity index (χ3v) is 4.52. The van der Waals surface area contributed by atoms with Crippen molar-refractivity contribution in [3.63, 3.8) is 0 Å². The van der Waals surface area contributed by atoms with Crippen LogP contribution in [0.4, 0.5) is 5.69 Å². The number of anilines is 1. The molecule has 9 heteroatoms. The number of para-hydroxylation sites is 1. The summed E-state index contributed by atoms with van der Waals surface area (Å²) >= 11 is 0.936. The van der Waals surface area contributed by atoms with Gasteiger partial charge in [0.15, 0.2) is 11.5 Å². The number of nitrogens with zero attached hydrogens (tertiary/aromatic N) is 2. The smallest absolute Gasteiger partial charge is 0.352 e. The molecule has 2 aromatic rings. The van der Waals surface area contributed by atoms with Gasteiger partial charge in [0, 0.05) is 6.04 Å². The van der Waals surface area contributed by atoms with E-state index in [1.54, 1.807) is 24.3 Å². The van der Waals surface area contributed by atoms with E-state index in [0.29, 0.717) is 28.2 Å². The second-order valence-electron chi connectivity index (χ2n) is 5.82. The van der Waals surface area contributed by atoms with Gasteiger partial charge >= 0.3 is 5.97 Å². The molecule has 0 spiro atoms. The number of benzene rings is 1. The maximum Gasteiger partial charge on any atom is 0.352 e. The molecule has 3 rings (SSSR count). The largest absolute Gasteiger partial charge is 0.451 e. The van der Waals surface area contributed by atoms with Crippen molar-refractivity contribution in [3.05, 3.63) is 40.4 Å². The van der Waals surface area contributed by atoms with E-state index in [1.165, 1.54) is 0 Å². The van der Waals surface area contributed by atoms with Crippen molar-refractivity contribution in [2.24, 2.45) is 0 Å². The Kier molecular flexibility index (Phi) is 5.57. The van der Waals surface area contributed by atoms with Crippen LogP contribution >= 0.6 is 11.5 Å². The molecule has 0 aliphatic heterocycles. The summed E-state index contributed by atoms with van der Waals surface area (Å²) in [5.41, 5.74) is 1.29. The molecule has 0 radical (unpaired) electrons. The number of esters is 1. The lowest BCUT2D eigenvalue weighted by Crippen LogP contribution is -2.28. The van der Waals surface area contributed by atoms with E-state index >= 15 is 0 Å². The predicted molar refractivity (Wildman–Crippen MR) is 95.1 cm³/mol. The van der Waals surface area contributed by atoms with Crippen LogP contribution in [0.5, 0.6) is 0 Å². The number of nitrogens with one attached hydrogen (secondary N) is 2. The van der Waals surface area contributed by atoms with E-state index in [-0.39, 0.29) is 11.9 Å². The number of carbonyl (C=O) groups is 3. The summed E-state index contributed by atoms with van der Waals surface area (Å²) in [6, 6.07) is 6.92. The fourth-order valence-electron chi connectivity index (χ4n) is 2.26. The Morgan fingerprint density at radius 3 is 2.77 bits per heavy atom. The topological polar surface area (TPSA) is 110 Å². The van der Waals surface area contributed by atoms with E-state index in [2.05, 4.69) is 20.2 Å². The quantitative estimate of drug-likeness (QED) is 0.715.